The molecule has 0 aliphatic carbocycles. The third-order valence-electron chi connectivity index (χ3n) is 3.93. The molecule has 2 rings (SSSR count). The molecule has 0 radical (unpaired) electrons. The van der Waals surface area contributed by atoms with Crippen molar-refractivity contribution in [3.05, 3.63) is 0 Å². The Morgan fingerprint density at radius 1 is 1.26 bits per heavy atom. The highest BCUT2D eigenvalue weighted by atomic mass is 16.6. The van der Waals surface area contributed by atoms with Crippen molar-refractivity contribution in [1.29, 1.82) is 0 Å². The van der Waals surface area contributed by atoms with Crippen LogP contribution < -0.4 is 5.32 Å². The molecule has 0 spiro atoms. The van der Waals surface area contributed by atoms with E-state index >= 15 is 0 Å². The molecular formula is C14H27N3O2. The van der Waals surface area contributed by atoms with E-state index in [9.17, 15) is 4.79 Å². The number of likely N-dealkylation sites (tertiary alicyclic amines) is 1. The van der Waals surface area contributed by atoms with E-state index < -0.39 is 5.60 Å². The van der Waals surface area contributed by atoms with Gasteiger partial charge in [-0.15, -0.1) is 0 Å². The normalized spacial score (nSPS) is 29.6. The van der Waals surface area contributed by atoms with Gasteiger partial charge < -0.3 is 15.0 Å². The van der Waals surface area contributed by atoms with Crippen molar-refractivity contribution in [2.24, 2.45) is 0 Å². The summed E-state index contributed by atoms with van der Waals surface area (Å²) in [5.74, 6) is 0. The van der Waals surface area contributed by atoms with E-state index in [2.05, 4.69) is 17.3 Å². The van der Waals surface area contributed by atoms with Crippen molar-refractivity contribution in [3.63, 3.8) is 0 Å². The summed E-state index contributed by atoms with van der Waals surface area (Å²) < 4.78 is 5.53. The number of piperazine rings is 1. The summed E-state index contributed by atoms with van der Waals surface area (Å²) in [5, 5.41) is 3.43. The van der Waals surface area contributed by atoms with Gasteiger partial charge in [-0.2, -0.15) is 0 Å². The van der Waals surface area contributed by atoms with Crippen LogP contribution in [0.4, 0.5) is 4.79 Å². The molecule has 0 bridgehead atoms. The van der Waals surface area contributed by atoms with Crippen molar-refractivity contribution in [2.75, 3.05) is 33.2 Å². The number of carbonyl (C=O) groups is 1. The molecule has 2 aliphatic rings. The number of likely N-dealkylation sites (N-methyl/N-ethyl adjacent to an activating group) is 1. The van der Waals surface area contributed by atoms with Gasteiger partial charge in [-0.25, -0.2) is 4.79 Å². The zero-order valence-corrected chi connectivity index (χ0v) is 12.6. The fraction of sp³-hybridized carbons (Fsp3) is 0.929. The Balaban J connectivity index is 2.01. The van der Waals surface area contributed by atoms with E-state index in [4.69, 9.17) is 4.74 Å². The minimum Gasteiger partial charge on any atom is -0.444 e. The van der Waals surface area contributed by atoms with Gasteiger partial charge in [-0.3, -0.25) is 4.90 Å². The fourth-order valence-corrected chi connectivity index (χ4v) is 3.00. The molecule has 0 aromatic carbocycles. The van der Waals surface area contributed by atoms with Crippen LogP contribution in [-0.4, -0.2) is 66.8 Å². The second kappa shape index (κ2) is 5.67. The maximum absolute atomic E-state index is 12.3. The van der Waals surface area contributed by atoms with Crippen molar-refractivity contribution in [3.8, 4) is 0 Å². The van der Waals surface area contributed by atoms with Crippen molar-refractivity contribution in [2.45, 2.75) is 51.3 Å². The predicted octanol–water partition coefficient (Wildman–Crippen LogP) is 1.29. The molecule has 0 aromatic rings. The van der Waals surface area contributed by atoms with Crippen LogP contribution in [0.25, 0.3) is 0 Å². The maximum Gasteiger partial charge on any atom is 0.410 e. The minimum absolute atomic E-state index is 0.158. The van der Waals surface area contributed by atoms with Crippen LogP contribution in [0.2, 0.25) is 0 Å². The molecule has 5 heteroatoms. The van der Waals surface area contributed by atoms with Crippen LogP contribution in [-0.2, 0) is 4.74 Å². The number of rotatable bonds is 1. The van der Waals surface area contributed by atoms with E-state index in [0.717, 1.165) is 39.0 Å². The fourth-order valence-electron chi connectivity index (χ4n) is 3.00. The van der Waals surface area contributed by atoms with Gasteiger partial charge in [0.25, 0.3) is 0 Å². The van der Waals surface area contributed by atoms with Crippen LogP contribution in [0.3, 0.4) is 0 Å². The Hall–Kier alpha value is -0.810. The van der Waals surface area contributed by atoms with E-state index in [0.29, 0.717) is 6.04 Å². The van der Waals surface area contributed by atoms with E-state index in [1.165, 1.54) is 0 Å². The van der Waals surface area contributed by atoms with Crippen LogP contribution >= 0.6 is 0 Å². The number of nitrogens with one attached hydrogen (secondary N) is 1. The zero-order valence-electron chi connectivity index (χ0n) is 12.6. The molecule has 5 nitrogen and oxygen atoms in total. The second-order valence-corrected chi connectivity index (χ2v) is 6.64. The first kappa shape index (κ1) is 14.6. The number of carbonyl (C=O) groups excluding carboxylic acids is 1. The van der Waals surface area contributed by atoms with Crippen LogP contribution in [0.15, 0.2) is 0 Å². The number of hydrogen-bond donors (Lipinski definition) is 1. The molecule has 1 N–H and O–H groups in total. The van der Waals surface area contributed by atoms with Crippen LogP contribution in [0.5, 0.6) is 0 Å². The Kier molecular flexibility index (Phi) is 4.36. The Bertz CT molecular complexity index is 327. The summed E-state index contributed by atoms with van der Waals surface area (Å²) in [4.78, 5) is 16.6. The van der Waals surface area contributed by atoms with Gasteiger partial charge in [0.2, 0.25) is 0 Å². The summed E-state index contributed by atoms with van der Waals surface area (Å²) in [6, 6.07) is 0.691. The van der Waals surface area contributed by atoms with Gasteiger partial charge in [0, 0.05) is 32.2 Å². The summed E-state index contributed by atoms with van der Waals surface area (Å²) in [5.41, 5.74) is -0.416. The molecule has 0 saturated carbocycles. The lowest BCUT2D eigenvalue weighted by atomic mass is 10.0. The molecule has 110 valence electrons. The molecule has 2 aliphatic heterocycles. The van der Waals surface area contributed by atoms with Gasteiger partial charge in [0.15, 0.2) is 0 Å². The molecule has 2 atom stereocenters. The molecule has 0 aromatic heterocycles. The molecule has 2 unspecified atom stereocenters. The summed E-state index contributed by atoms with van der Waals surface area (Å²) in [7, 11) is 2.15. The quantitative estimate of drug-likeness (QED) is 0.779. The highest BCUT2D eigenvalue weighted by molar-refractivity contribution is 5.69. The van der Waals surface area contributed by atoms with Crippen molar-refractivity contribution in [1.82, 2.24) is 15.1 Å². The SMILES string of the molecule is CN1CCNCC1C1CCCN1C(=O)OC(C)(C)C. The molecule has 19 heavy (non-hydrogen) atoms. The number of amides is 1. The maximum atomic E-state index is 12.3. The minimum atomic E-state index is -0.416. The predicted molar refractivity (Wildman–Crippen MR) is 75.2 cm³/mol. The highest BCUT2D eigenvalue weighted by Crippen LogP contribution is 2.25. The Morgan fingerprint density at radius 2 is 2.00 bits per heavy atom. The highest BCUT2D eigenvalue weighted by Gasteiger charge is 2.39. The first-order valence-electron chi connectivity index (χ1n) is 7.29. The van der Waals surface area contributed by atoms with Crippen molar-refractivity contribution < 1.29 is 9.53 Å². The number of ether oxygens (including phenoxy) is 1. The van der Waals surface area contributed by atoms with Crippen LogP contribution in [0, 0.1) is 0 Å². The van der Waals surface area contributed by atoms with Gasteiger partial charge in [0.1, 0.15) is 5.60 Å². The van der Waals surface area contributed by atoms with E-state index in [1.54, 1.807) is 0 Å². The summed E-state index contributed by atoms with van der Waals surface area (Å²) >= 11 is 0. The van der Waals surface area contributed by atoms with Gasteiger partial charge in [-0.1, -0.05) is 0 Å². The molecule has 2 heterocycles. The lowest BCUT2D eigenvalue weighted by molar-refractivity contribution is 0.0121. The lowest BCUT2D eigenvalue weighted by Gasteiger charge is -2.40. The third kappa shape index (κ3) is 3.60. The second-order valence-electron chi connectivity index (χ2n) is 6.64. The third-order valence-corrected chi connectivity index (χ3v) is 3.93. The summed E-state index contributed by atoms with van der Waals surface area (Å²) in [6.45, 7) is 9.62. The standard InChI is InChI=1S/C14H27N3O2/c1-14(2,3)19-13(18)17-8-5-6-11(17)12-10-15-7-9-16(12)4/h11-12,15H,5-10H2,1-4H3. The van der Waals surface area contributed by atoms with E-state index in [1.807, 2.05) is 25.7 Å². The van der Waals surface area contributed by atoms with Crippen molar-refractivity contribution >= 4 is 6.09 Å². The van der Waals surface area contributed by atoms with Gasteiger partial charge in [0.05, 0.1) is 6.04 Å². The molecule has 1 amide bonds. The van der Waals surface area contributed by atoms with Gasteiger partial charge in [-0.05, 0) is 40.7 Å². The van der Waals surface area contributed by atoms with Crippen LogP contribution in [0.1, 0.15) is 33.6 Å². The number of nitrogens with zero attached hydrogens (tertiary/aromatic N) is 2. The zero-order chi connectivity index (χ0) is 14.0. The Morgan fingerprint density at radius 3 is 2.63 bits per heavy atom. The average molecular weight is 269 g/mol. The monoisotopic (exact) mass is 269 g/mol. The first-order valence-corrected chi connectivity index (χ1v) is 7.29. The van der Waals surface area contributed by atoms with E-state index in [-0.39, 0.29) is 12.1 Å². The average Bonchev–Trinajstić information content (AvgIpc) is 2.76. The topological polar surface area (TPSA) is 44.8 Å². The smallest absolute Gasteiger partial charge is 0.410 e. The lowest BCUT2D eigenvalue weighted by Crippen LogP contribution is -2.58. The number of hydrogen-bond acceptors (Lipinski definition) is 4. The molecule has 2 saturated heterocycles. The Labute approximate surface area is 116 Å². The largest absolute Gasteiger partial charge is 0.444 e. The summed E-state index contributed by atoms with van der Waals surface area (Å²) in [6.07, 6.45) is 2.00. The molecular weight excluding hydrogens is 242 g/mol. The molecule has 2 fully saturated rings. The first-order chi connectivity index (χ1) is 8.88. The van der Waals surface area contributed by atoms with Gasteiger partial charge >= 0.3 is 6.09 Å².